The Morgan fingerprint density at radius 1 is 1.10 bits per heavy atom. The van der Waals surface area contributed by atoms with Gasteiger partial charge in [0.05, 0.1) is 12.7 Å². The zero-order chi connectivity index (χ0) is 15.1. The minimum absolute atomic E-state index is 0.0392. The number of benzene rings is 2. The summed E-state index contributed by atoms with van der Waals surface area (Å²) < 4.78 is 11.6. The van der Waals surface area contributed by atoms with Gasteiger partial charge in [-0.1, -0.05) is 41.9 Å². The molecular formula is C18H21ClO2. The lowest BCUT2D eigenvalue weighted by atomic mass is 10.1. The molecule has 2 nitrogen and oxygen atoms in total. The second kappa shape index (κ2) is 8.06. The van der Waals surface area contributed by atoms with Crippen LogP contribution in [0.5, 0.6) is 5.75 Å². The lowest BCUT2D eigenvalue weighted by Crippen LogP contribution is -2.06. The molecule has 0 aliphatic heterocycles. The van der Waals surface area contributed by atoms with Crippen LogP contribution >= 0.6 is 11.6 Å². The molecule has 2 rings (SSSR count). The molecular weight excluding hydrogens is 284 g/mol. The largest absolute Gasteiger partial charge is 0.493 e. The van der Waals surface area contributed by atoms with Crippen molar-refractivity contribution < 1.29 is 9.47 Å². The first-order valence-electron chi connectivity index (χ1n) is 7.28. The summed E-state index contributed by atoms with van der Waals surface area (Å²) in [6, 6.07) is 15.9. The summed E-state index contributed by atoms with van der Waals surface area (Å²) in [6.45, 7) is 5.36. The van der Waals surface area contributed by atoms with Gasteiger partial charge in [0.25, 0.3) is 0 Å². The van der Waals surface area contributed by atoms with Crippen LogP contribution < -0.4 is 4.74 Å². The van der Waals surface area contributed by atoms with Crippen LogP contribution in [0.1, 0.15) is 31.1 Å². The first-order chi connectivity index (χ1) is 10.2. The number of ether oxygens (including phenoxy) is 2. The minimum Gasteiger partial charge on any atom is -0.493 e. The van der Waals surface area contributed by atoms with Crippen LogP contribution in [-0.2, 0) is 11.2 Å². The Morgan fingerprint density at radius 2 is 1.90 bits per heavy atom. The smallest absolute Gasteiger partial charge is 0.125 e. The van der Waals surface area contributed by atoms with Crippen molar-refractivity contribution in [2.75, 3.05) is 13.2 Å². The van der Waals surface area contributed by atoms with Gasteiger partial charge < -0.3 is 9.47 Å². The second-order valence-electron chi connectivity index (χ2n) is 4.86. The van der Waals surface area contributed by atoms with Gasteiger partial charge in [0, 0.05) is 23.6 Å². The summed E-state index contributed by atoms with van der Waals surface area (Å²) in [5.41, 5.74) is 2.27. The highest BCUT2D eigenvalue weighted by Crippen LogP contribution is 2.27. The molecule has 0 fully saturated rings. The molecule has 0 heterocycles. The molecule has 21 heavy (non-hydrogen) atoms. The van der Waals surface area contributed by atoms with Gasteiger partial charge in [-0.2, -0.15) is 0 Å². The summed E-state index contributed by atoms with van der Waals surface area (Å²) in [6.07, 6.45) is 0.870. The fraction of sp³-hybridized carbons (Fsp3) is 0.333. The zero-order valence-electron chi connectivity index (χ0n) is 12.5. The average molecular weight is 305 g/mol. The minimum atomic E-state index is 0.0392. The van der Waals surface area contributed by atoms with Crippen molar-refractivity contribution in [2.24, 2.45) is 0 Å². The molecule has 112 valence electrons. The van der Waals surface area contributed by atoms with Crippen LogP contribution in [0.2, 0.25) is 5.02 Å². The summed E-state index contributed by atoms with van der Waals surface area (Å²) in [4.78, 5) is 0. The van der Waals surface area contributed by atoms with Crippen LogP contribution in [0.15, 0.2) is 48.5 Å². The molecule has 0 amide bonds. The standard InChI is InChI=1S/C18H21ClO2/c1-3-20-14(2)17-9-4-5-10-18(17)21-12-11-15-7-6-8-16(19)13-15/h4-10,13-14H,3,11-12H2,1-2H3. The fourth-order valence-electron chi connectivity index (χ4n) is 2.26. The Hall–Kier alpha value is -1.51. The van der Waals surface area contributed by atoms with Crippen molar-refractivity contribution in [1.82, 2.24) is 0 Å². The van der Waals surface area contributed by atoms with Gasteiger partial charge in [-0.25, -0.2) is 0 Å². The predicted octanol–water partition coefficient (Wildman–Crippen LogP) is 5.06. The van der Waals surface area contributed by atoms with Gasteiger partial charge in [-0.3, -0.25) is 0 Å². The predicted molar refractivity (Wildman–Crippen MR) is 87.1 cm³/mol. The average Bonchev–Trinajstić information content (AvgIpc) is 2.48. The van der Waals surface area contributed by atoms with Crippen molar-refractivity contribution in [3.63, 3.8) is 0 Å². The SMILES string of the molecule is CCOC(C)c1ccccc1OCCc1cccc(Cl)c1. The quantitative estimate of drug-likeness (QED) is 0.712. The molecule has 0 bridgehead atoms. The summed E-state index contributed by atoms with van der Waals surface area (Å²) in [7, 11) is 0. The highest BCUT2D eigenvalue weighted by Gasteiger charge is 2.11. The number of halogens is 1. The van der Waals surface area contributed by atoms with E-state index in [1.54, 1.807) is 0 Å². The number of hydrogen-bond acceptors (Lipinski definition) is 2. The number of hydrogen-bond donors (Lipinski definition) is 0. The van der Waals surface area contributed by atoms with Gasteiger partial charge in [0.2, 0.25) is 0 Å². The highest BCUT2D eigenvalue weighted by atomic mass is 35.5. The van der Waals surface area contributed by atoms with E-state index in [0.717, 1.165) is 22.8 Å². The van der Waals surface area contributed by atoms with Crippen molar-refractivity contribution in [3.8, 4) is 5.75 Å². The van der Waals surface area contributed by atoms with E-state index in [9.17, 15) is 0 Å². The summed E-state index contributed by atoms with van der Waals surface area (Å²) in [5.74, 6) is 0.889. The van der Waals surface area contributed by atoms with E-state index in [4.69, 9.17) is 21.1 Å². The van der Waals surface area contributed by atoms with E-state index in [-0.39, 0.29) is 6.10 Å². The topological polar surface area (TPSA) is 18.5 Å². The van der Waals surface area contributed by atoms with E-state index in [2.05, 4.69) is 12.1 Å². The molecule has 3 heteroatoms. The molecule has 0 saturated carbocycles. The van der Waals surface area contributed by atoms with Gasteiger partial charge in [-0.15, -0.1) is 0 Å². The molecule has 0 aliphatic carbocycles. The molecule has 0 aromatic heterocycles. The van der Waals surface area contributed by atoms with Crippen molar-refractivity contribution in [2.45, 2.75) is 26.4 Å². The maximum absolute atomic E-state index is 5.98. The van der Waals surface area contributed by atoms with E-state index in [1.807, 2.05) is 50.2 Å². The lowest BCUT2D eigenvalue weighted by Gasteiger charge is -2.17. The second-order valence-corrected chi connectivity index (χ2v) is 5.30. The molecule has 2 aromatic carbocycles. The fourth-order valence-corrected chi connectivity index (χ4v) is 2.47. The van der Waals surface area contributed by atoms with Crippen molar-refractivity contribution in [3.05, 3.63) is 64.7 Å². The maximum atomic E-state index is 5.98. The molecule has 0 radical (unpaired) electrons. The first kappa shape index (κ1) is 15.9. The Balaban J connectivity index is 1.97. The van der Waals surface area contributed by atoms with E-state index >= 15 is 0 Å². The Kier molecular flexibility index (Phi) is 6.09. The molecule has 2 aromatic rings. The van der Waals surface area contributed by atoms with E-state index in [1.165, 1.54) is 5.56 Å². The Morgan fingerprint density at radius 3 is 2.67 bits per heavy atom. The Bertz CT molecular complexity index is 569. The van der Waals surface area contributed by atoms with Gasteiger partial charge in [0.1, 0.15) is 5.75 Å². The number of para-hydroxylation sites is 1. The Labute approximate surface area is 131 Å². The van der Waals surface area contributed by atoms with Crippen LogP contribution in [-0.4, -0.2) is 13.2 Å². The third-order valence-corrected chi connectivity index (χ3v) is 3.55. The summed E-state index contributed by atoms with van der Waals surface area (Å²) >= 11 is 5.98. The lowest BCUT2D eigenvalue weighted by molar-refractivity contribution is 0.0739. The van der Waals surface area contributed by atoms with Gasteiger partial charge in [0.15, 0.2) is 0 Å². The zero-order valence-corrected chi connectivity index (χ0v) is 13.3. The molecule has 0 spiro atoms. The van der Waals surface area contributed by atoms with Crippen LogP contribution in [0, 0.1) is 0 Å². The van der Waals surface area contributed by atoms with E-state index in [0.29, 0.717) is 13.2 Å². The molecule has 0 N–H and O–H groups in total. The van der Waals surface area contributed by atoms with Crippen molar-refractivity contribution >= 4 is 11.6 Å². The molecule has 0 aliphatic rings. The van der Waals surface area contributed by atoms with Crippen molar-refractivity contribution in [1.29, 1.82) is 0 Å². The van der Waals surface area contributed by atoms with Crippen LogP contribution in [0.25, 0.3) is 0 Å². The molecule has 1 atom stereocenters. The van der Waals surface area contributed by atoms with E-state index < -0.39 is 0 Å². The first-order valence-corrected chi connectivity index (χ1v) is 7.66. The molecule has 0 saturated heterocycles. The highest BCUT2D eigenvalue weighted by molar-refractivity contribution is 6.30. The molecule has 1 unspecified atom stereocenters. The normalized spacial score (nSPS) is 12.1. The van der Waals surface area contributed by atoms with Gasteiger partial charge in [-0.05, 0) is 37.6 Å². The van der Waals surface area contributed by atoms with Gasteiger partial charge >= 0.3 is 0 Å². The third-order valence-electron chi connectivity index (χ3n) is 3.31. The van der Waals surface area contributed by atoms with Crippen LogP contribution in [0.4, 0.5) is 0 Å². The number of rotatable bonds is 7. The van der Waals surface area contributed by atoms with Crippen LogP contribution in [0.3, 0.4) is 0 Å². The monoisotopic (exact) mass is 304 g/mol. The third kappa shape index (κ3) is 4.76. The maximum Gasteiger partial charge on any atom is 0.125 e. The summed E-state index contributed by atoms with van der Waals surface area (Å²) in [5, 5.41) is 0.762.